The van der Waals surface area contributed by atoms with Gasteiger partial charge in [-0.2, -0.15) is 0 Å². The van der Waals surface area contributed by atoms with Crippen molar-refractivity contribution in [1.82, 2.24) is 5.16 Å². The van der Waals surface area contributed by atoms with Crippen molar-refractivity contribution in [1.29, 1.82) is 0 Å². The Kier molecular flexibility index (Phi) is 4.65. The first-order valence-corrected chi connectivity index (χ1v) is 8.19. The minimum absolute atomic E-state index is 0.228. The third kappa shape index (κ3) is 3.38. The van der Waals surface area contributed by atoms with Crippen LogP contribution < -0.4 is 10.1 Å². The minimum Gasteiger partial charge on any atom is -0.493 e. The van der Waals surface area contributed by atoms with E-state index in [1.807, 2.05) is 25.1 Å². The van der Waals surface area contributed by atoms with E-state index in [9.17, 15) is 4.79 Å². The van der Waals surface area contributed by atoms with Gasteiger partial charge in [-0.05, 0) is 43.7 Å². The summed E-state index contributed by atoms with van der Waals surface area (Å²) in [6.45, 7) is 4.82. The number of para-hydroxylation sites is 1. The molecular formula is C18H22N2O3. The lowest BCUT2D eigenvalue weighted by Crippen LogP contribution is -2.16. The number of nitrogens with one attached hydrogen (secondary N) is 1. The van der Waals surface area contributed by atoms with E-state index in [2.05, 4.69) is 17.4 Å². The van der Waals surface area contributed by atoms with E-state index < -0.39 is 0 Å². The normalized spacial score (nSPS) is 16.7. The zero-order valence-electron chi connectivity index (χ0n) is 13.6. The van der Waals surface area contributed by atoms with Crippen molar-refractivity contribution < 1.29 is 14.1 Å². The van der Waals surface area contributed by atoms with E-state index in [0.29, 0.717) is 29.7 Å². The SMILES string of the molecule is CCCOc1ccccc1C(=O)Nc1onc2c1CC(C)CC2. The number of hydrogen-bond donors (Lipinski definition) is 1. The van der Waals surface area contributed by atoms with Crippen molar-refractivity contribution in [2.75, 3.05) is 11.9 Å². The third-order valence-corrected chi connectivity index (χ3v) is 4.12. The highest BCUT2D eigenvalue weighted by Crippen LogP contribution is 2.31. The lowest BCUT2D eigenvalue weighted by atomic mass is 9.89. The Labute approximate surface area is 136 Å². The molecule has 0 saturated carbocycles. The number of amides is 1. The van der Waals surface area contributed by atoms with Crippen LogP contribution in [0.4, 0.5) is 5.88 Å². The number of aromatic nitrogens is 1. The Balaban J connectivity index is 1.79. The van der Waals surface area contributed by atoms with Crippen molar-refractivity contribution in [3.05, 3.63) is 41.1 Å². The molecule has 23 heavy (non-hydrogen) atoms. The fourth-order valence-electron chi connectivity index (χ4n) is 2.84. The van der Waals surface area contributed by atoms with E-state index >= 15 is 0 Å². The Morgan fingerprint density at radius 3 is 3.09 bits per heavy atom. The predicted octanol–water partition coefficient (Wildman–Crippen LogP) is 3.84. The zero-order valence-corrected chi connectivity index (χ0v) is 13.6. The summed E-state index contributed by atoms with van der Waals surface area (Å²) in [5.74, 6) is 1.42. The predicted molar refractivity (Wildman–Crippen MR) is 87.9 cm³/mol. The molecule has 0 aliphatic heterocycles. The first kappa shape index (κ1) is 15.6. The lowest BCUT2D eigenvalue weighted by Gasteiger charge is -2.17. The largest absolute Gasteiger partial charge is 0.493 e. The summed E-state index contributed by atoms with van der Waals surface area (Å²) >= 11 is 0. The number of anilines is 1. The Bertz CT molecular complexity index is 693. The fourth-order valence-corrected chi connectivity index (χ4v) is 2.84. The number of nitrogens with zero attached hydrogens (tertiary/aromatic N) is 1. The molecule has 1 aromatic carbocycles. The number of carbonyl (C=O) groups is 1. The summed E-state index contributed by atoms with van der Waals surface area (Å²) < 4.78 is 11.0. The van der Waals surface area contributed by atoms with Gasteiger partial charge in [-0.15, -0.1) is 0 Å². The number of carbonyl (C=O) groups excluding carboxylic acids is 1. The maximum atomic E-state index is 12.6. The highest BCUT2D eigenvalue weighted by Gasteiger charge is 2.25. The second kappa shape index (κ2) is 6.86. The smallest absolute Gasteiger partial charge is 0.261 e. The quantitative estimate of drug-likeness (QED) is 0.910. The Morgan fingerprint density at radius 1 is 1.43 bits per heavy atom. The van der Waals surface area contributed by atoms with Gasteiger partial charge in [0.1, 0.15) is 5.75 Å². The first-order valence-electron chi connectivity index (χ1n) is 8.19. The lowest BCUT2D eigenvalue weighted by molar-refractivity contribution is 0.101. The second-order valence-corrected chi connectivity index (χ2v) is 6.08. The standard InChI is InChI=1S/C18H22N2O3/c1-3-10-22-16-7-5-4-6-13(16)17(21)19-18-14-11-12(2)8-9-15(14)20-23-18/h4-7,12H,3,8-11H2,1-2H3,(H,19,21). The highest BCUT2D eigenvalue weighted by molar-refractivity contribution is 6.05. The molecule has 2 aromatic rings. The summed E-state index contributed by atoms with van der Waals surface area (Å²) in [6, 6.07) is 7.25. The van der Waals surface area contributed by atoms with Crippen molar-refractivity contribution in [3.8, 4) is 5.75 Å². The zero-order chi connectivity index (χ0) is 16.2. The van der Waals surface area contributed by atoms with Crippen LogP contribution in [-0.4, -0.2) is 17.7 Å². The van der Waals surface area contributed by atoms with Crippen molar-refractivity contribution in [2.45, 2.75) is 39.5 Å². The number of hydrogen-bond acceptors (Lipinski definition) is 4. The molecule has 0 saturated heterocycles. The summed E-state index contributed by atoms with van der Waals surface area (Å²) in [5.41, 5.74) is 2.51. The Hall–Kier alpha value is -2.30. The van der Waals surface area contributed by atoms with Gasteiger partial charge < -0.3 is 9.26 Å². The summed E-state index contributed by atoms with van der Waals surface area (Å²) in [6.07, 6.45) is 3.80. The summed E-state index contributed by atoms with van der Waals surface area (Å²) in [4.78, 5) is 12.6. The van der Waals surface area contributed by atoms with Crippen molar-refractivity contribution in [2.24, 2.45) is 5.92 Å². The average Bonchev–Trinajstić information content (AvgIpc) is 2.95. The van der Waals surface area contributed by atoms with E-state index in [-0.39, 0.29) is 5.91 Å². The minimum atomic E-state index is -0.228. The van der Waals surface area contributed by atoms with Gasteiger partial charge in [-0.3, -0.25) is 10.1 Å². The van der Waals surface area contributed by atoms with Crippen LogP contribution in [0.25, 0.3) is 0 Å². The van der Waals surface area contributed by atoms with Gasteiger partial charge in [0.15, 0.2) is 0 Å². The number of aryl methyl sites for hydroxylation is 1. The van der Waals surface area contributed by atoms with Crippen LogP contribution in [0, 0.1) is 5.92 Å². The van der Waals surface area contributed by atoms with Crippen molar-refractivity contribution in [3.63, 3.8) is 0 Å². The molecule has 0 fully saturated rings. The molecule has 5 heteroatoms. The fraction of sp³-hybridized carbons (Fsp3) is 0.444. The van der Waals surface area contributed by atoms with E-state index in [4.69, 9.17) is 9.26 Å². The molecule has 1 aliphatic carbocycles. The molecule has 1 amide bonds. The van der Waals surface area contributed by atoms with Gasteiger partial charge in [-0.25, -0.2) is 0 Å². The van der Waals surface area contributed by atoms with Crippen LogP contribution in [0.2, 0.25) is 0 Å². The molecule has 1 aliphatic rings. The molecule has 1 unspecified atom stereocenters. The van der Waals surface area contributed by atoms with Gasteiger partial charge in [0.05, 0.1) is 17.9 Å². The van der Waals surface area contributed by atoms with Crippen LogP contribution in [0.3, 0.4) is 0 Å². The van der Waals surface area contributed by atoms with Crippen LogP contribution in [0.5, 0.6) is 5.75 Å². The van der Waals surface area contributed by atoms with Gasteiger partial charge in [0, 0.05) is 5.56 Å². The summed E-state index contributed by atoms with van der Waals surface area (Å²) in [5, 5.41) is 6.94. The van der Waals surface area contributed by atoms with Crippen molar-refractivity contribution >= 4 is 11.8 Å². The van der Waals surface area contributed by atoms with Gasteiger partial charge in [-0.1, -0.05) is 31.1 Å². The number of fused-ring (bicyclic) bond motifs is 1. The molecule has 0 radical (unpaired) electrons. The van der Waals surface area contributed by atoms with Crippen LogP contribution in [0.15, 0.2) is 28.8 Å². The number of ether oxygens (including phenoxy) is 1. The second-order valence-electron chi connectivity index (χ2n) is 6.08. The topological polar surface area (TPSA) is 64.4 Å². The Morgan fingerprint density at radius 2 is 2.26 bits per heavy atom. The van der Waals surface area contributed by atoms with Gasteiger partial charge in [0.25, 0.3) is 5.91 Å². The number of benzene rings is 1. The molecule has 1 N–H and O–H groups in total. The van der Waals surface area contributed by atoms with E-state index in [0.717, 1.165) is 36.9 Å². The molecule has 0 spiro atoms. The van der Waals surface area contributed by atoms with Gasteiger partial charge >= 0.3 is 0 Å². The average molecular weight is 314 g/mol. The van der Waals surface area contributed by atoms with Crippen LogP contribution >= 0.6 is 0 Å². The van der Waals surface area contributed by atoms with Crippen LogP contribution in [0.1, 0.15) is 48.3 Å². The van der Waals surface area contributed by atoms with Crippen LogP contribution in [-0.2, 0) is 12.8 Å². The third-order valence-electron chi connectivity index (χ3n) is 4.12. The molecule has 1 aromatic heterocycles. The molecule has 122 valence electrons. The molecule has 0 bridgehead atoms. The summed E-state index contributed by atoms with van der Waals surface area (Å²) in [7, 11) is 0. The molecule has 5 nitrogen and oxygen atoms in total. The highest BCUT2D eigenvalue weighted by atomic mass is 16.5. The van der Waals surface area contributed by atoms with Gasteiger partial charge in [0.2, 0.25) is 5.88 Å². The molecule has 3 rings (SSSR count). The molecule has 1 heterocycles. The maximum Gasteiger partial charge on any atom is 0.261 e. The molecule has 1 atom stereocenters. The number of rotatable bonds is 5. The van der Waals surface area contributed by atoms with E-state index in [1.165, 1.54) is 0 Å². The monoisotopic (exact) mass is 314 g/mol. The first-order chi connectivity index (χ1) is 11.2. The van der Waals surface area contributed by atoms with E-state index in [1.54, 1.807) is 6.07 Å². The molecular weight excluding hydrogens is 292 g/mol. The maximum absolute atomic E-state index is 12.6.